The smallest absolute Gasteiger partial charge is 0.0826 e. The second-order valence-electron chi connectivity index (χ2n) is 5.30. The number of morpholine rings is 1. The molecular weight excluding hydrogens is 214 g/mol. The van der Waals surface area contributed by atoms with E-state index < -0.39 is 0 Å². The lowest BCUT2D eigenvalue weighted by Crippen LogP contribution is -2.47. The van der Waals surface area contributed by atoms with E-state index in [1.807, 2.05) is 0 Å². The second-order valence-corrected chi connectivity index (χ2v) is 5.30. The Hall–Kier alpha value is -0.160. The lowest BCUT2D eigenvalue weighted by molar-refractivity contribution is -0.0252. The standard InChI is InChI=1S/C13H27N3O/c1-3-16-8-9-17-13(11-16)10-14-6-7-15(2)12-4-5-12/h12-14H,3-11H2,1-2H3. The van der Waals surface area contributed by atoms with Gasteiger partial charge in [0.2, 0.25) is 0 Å². The molecule has 1 heterocycles. The first kappa shape index (κ1) is 13.3. The summed E-state index contributed by atoms with van der Waals surface area (Å²) in [4.78, 5) is 4.93. The Labute approximate surface area is 105 Å². The molecule has 0 aromatic carbocycles. The monoisotopic (exact) mass is 241 g/mol. The molecule has 100 valence electrons. The Bertz CT molecular complexity index is 221. The Morgan fingerprint density at radius 2 is 2.24 bits per heavy atom. The molecule has 0 spiro atoms. The Morgan fingerprint density at radius 1 is 1.41 bits per heavy atom. The van der Waals surface area contributed by atoms with Crippen molar-refractivity contribution in [2.24, 2.45) is 0 Å². The molecule has 2 rings (SSSR count). The van der Waals surface area contributed by atoms with Gasteiger partial charge in [-0.2, -0.15) is 0 Å². The second kappa shape index (κ2) is 6.69. The molecule has 1 aliphatic carbocycles. The Balaban J connectivity index is 1.52. The Kier molecular flexibility index (Phi) is 5.22. The summed E-state index contributed by atoms with van der Waals surface area (Å²) in [5.74, 6) is 0. The van der Waals surface area contributed by atoms with Crippen LogP contribution in [0.25, 0.3) is 0 Å². The molecule has 0 aromatic heterocycles. The van der Waals surface area contributed by atoms with Crippen LogP contribution in [0.3, 0.4) is 0 Å². The van der Waals surface area contributed by atoms with Gasteiger partial charge in [0.1, 0.15) is 0 Å². The molecule has 1 saturated carbocycles. The van der Waals surface area contributed by atoms with E-state index in [1.165, 1.54) is 12.8 Å². The van der Waals surface area contributed by atoms with Gasteiger partial charge in [0.05, 0.1) is 12.7 Å². The number of ether oxygens (including phenoxy) is 1. The third-order valence-electron chi connectivity index (χ3n) is 3.85. The van der Waals surface area contributed by atoms with Crippen molar-refractivity contribution in [1.29, 1.82) is 0 Å². The van der Waals surface area contributed by atoms with Crippen molar-refractivity contribution in [3.8, 4) is 0 Å². The summed E-state index contributed by atoms with van der Waals surface area (Å²) in [6, 6.07) is 0.873. The first-order chi connectivity index (χ1) is 8.29. The molecule has 0 aromatic rings. The molecule has 1 unspecified atom stereocenters. The average Bonchev–Trinajstić information content (AvgIpc) is 3.19. The molecule has 1 aliphatic heterocycles. The summed E-state index contributed by atoms with van der Waals surface area (Å²) < 4.78 is 5.76. The van der Waals surface area contributed by atoms with Crippen LogP contribution < -0.4 is 5.32 Å². The predicted octanol–water partition coefficient (Wildman–Crippen LogP) is 0.391. The topological polar surface area (TPSA) is 27.7 Å². The van der Waals surface area contributed by atoms with Crippen molar-refractivity contribution in [1.82, 2.24) is 15.1 Å². The zero-order valence-corrected chi connectivity index (χ0v) is 11.3. The van der Waals surface area contributed by atoms with Gasteiger partial charge in [-0.25, -0.2) is 0 Å². The predicted molar refractivity (Wildman–Crippen MR) is 70.4 cm³/mol. The van der Waals surface area contributed by atoms with Gasteiger partial charge in [0, 0.05) is 38.8 Å². The highest BCUT2D eigenvalue weighted by Crippen LogP contribution is 2.24. The van der Waals surface area contributed by atoms with E-state index in [4.69, 9.17) is 4.74 Å². The number of nitrogens with one attached hydrogen (secondary N) is 1. The lowest BCUT2D eigenvalue weighted by Gasteiger charge is -2.32. The molecule has 2 fully saturated rings. The fourth-order valence-corrected chi connectivity index (χ4v) is 2.41. The highest BCUT2D eigenvalue weighted by atomic mass is 16.5. The number of rotatable bonds is 7. The highest BCUT2D eigenvalue weighted by Gasteiger charge is 2.25. The van der Waals surface area contributed by atoms with Gasteiger partial charge < -0.3 is 15.0 Å². The maximum absolute atomic E-state index is 5.76. The zero-order chi connectivity index (χ0) is 12.1. The third-order valence-corrected chi connectivity index (χ3v) is 3.85. The summed E-state index contributed by atoms with van der Waals surface area (Å²) in [6.07, 6.45) is 3.18. The minimum absolute atomic E-state index is 0.384. The van der Waals surface area contributed by atoms with Crippen LogP contribution in [0.15, 0.2) is 0 Å². The third kappa shape index (κ3) is 4.54. The van der Waals surface area contributed by atoms with E-state index in [0.29, 0.717) is 6.10 Å². The van der Waals surface area contributed by atoms with Gasteiger partial charge in [0.15, 0.2) is 0 Å². The summed E-state index contributed by atoms with van der Waals surface area (Å²) in [6.45, 7) is 9.68. The fourth-order valence-electron chi connectivity index (χ4n) is 2.41. The minimum atomic E-state index is 0.384. The normalized spacial score (nSPS) is 26.6. The molecular formula is C13H27N3O. The zero-order valence-electron chi connectivity index (χ0n) is 11.3. The lowest BCUT2D eigenvalue weighted by atomic mass is 10.2. The first-order valence-electron chi connectivity index (χ1n) is 7.04. The maximum Gasteiger partial charge on any atom is 0.0826 e. The molecule has 4 nitrogen and oxygen atoms in total. The summed E-state index contributed by atoms with van der Waals surface area (Å²) >= 11 is 0. The van der Waals surface area contributed by atoms with E-state index >= 15 is 0 Å². The summed E-state index contributed by atoms with van der Waals surface area (Å²) in [5, 5.41) is 3.52. The van der Waals surface area contributed by atoms with Gasteiger partial charge >= 0.3 is 0 Å². The van der Waals surface area contributed by atoms with Crippen LogP contribution in [0.2, 0.25) is 0 Å². The van der Waals surface area contributed by atoms with Crippen LogP contribution in [-0.4, -0.2) is 74.9 Å². The molecule has 1 N–H and O–H groups in total. The molecule has 1 saturated heterocycles. The van der Waals surface area contributed by atoms with Gasteiger partial charge in [-0.3, -0.25) is 4.90 Å². The quantitative estimate of drug-likeness (QED) is 0.653. The number of nitrogens with zero attached hydrogens (tertiary/aromatic N) is 2. The number of hydrogen-bond acceptors (Lipinski definition) is 4. The van der Waals surface area contributed by atoms with Crippen LogP contribution in [0.5, 0.6) is 0 Å². The maximum atomic E-state index is 5.76. The number of likely N-dealkylation sites (N-methyl/N-ethyl adjacent to an activating group) is 2. The summed E-state index contributed by atoms with van der Waals surface area (Å²) in [5.41, 5.74) is 0. The molecule has 0 bridgehead atoms. The van der Waals surface area contributed by atoms with Crippen molar-refractivity contribution < 1.29 is 4.74 Å². The Morgan fingerprint density at radius 3 is 2.94 bits per heavy atom. The molecule has 1 atom stereocenters. The van der Waals surface area contributed by atoms with Gasteiger partial charge in [0.25, 0.3) is 0 Å². The van der Waals surface area contributed by atoms with E-state index in [2.05, 4.69) is 29.1 Å². The SMILES string of the molecule is CCN1CCOC(CNCCN(C)C2CC2)C1. The largest absolute Gasteiger partial charge is 0.374 e. The molecule has 17 heavy (non-hydrogen) atoms. The fraction of sp³-hybridized carbons (Fsp3) is 1.00. The van der Waals surface area contributed by atoms with Crippen LogP contribution in [0.1, 0.15) is 19.8 Å². The number of hydrogen-bond donors (Lipinski definition) is 1. The minimum Gasteiger partial charge on any atom is -0.374 e. The first-order valence-corrected chi connectivity index (χ1v) is 7.04. The van der Waals surface area contributed by atoms with Crippen molar-refractivity contribution in [2.45, 2.75) is 31.9 Å². The van der Waals surface area contributed by atoms with Gasteiger partial charge in [-0.15, -0.1) is 0 Å². The summed E-state index contributed by atoms with van der Waals surface area (Å²) in [7, 11) is 2.23. The van der Waals surface area contributed by atoms with E-state index in [-0.39, 0.29) is 0 Å². The van der Waals surface area contributed by atoms with E-state index in [0.717, 1.165) is 51.9 Å². The van der Waals surface area contributed by atoms with Crippen LogP contribution >= 0.6 is 0 Å². The van der Waals surface area contributed by atoms with Crippen molar-refractivity contribution >= 4 is 0 Å². The van der Waals surface area contributed by atoms with Crippen LogP contribution in [-0.2, 0) is 4.74 Å². The van der Waals surface area contributed by atoms with Crippen LogP contribution in [0, 0.1) is 0 Å². The molecule has 2 aliphatic rings. The van der Waals surface area contributed by atoms with Gasteiger partial charge in [-0.1, -0.05) is 6.92 Å². The van der Waals surface area contributed by atoms with Crippen LogP contribution in [0.4, 0.5) is 0 Å². The molecule has 4 heteroatoms. The molecule has 0 radical (unpaired) electrons. The average molecular weight is 241 g/mol. The van der Waals surface area contributed by atoms with Crippen molar-refractivity contribution in [2.75, 3.05) is 52.9 Å². The van der Waals surface area contributed by atoms with E-state index in [9.17, 15) is 0 Å². The van der Waals surface area contributed by atoms with Crippen molar-refractivity contribution in [3.05, 3.63) is 0 Å². The van der Waals surface area contributed by atoms with Gasteiger partial charge in [-0.05, 0) is 26.4 Å². The van der Waals surface area contributed by atoms with E-state index in [1.54, 1.807) is 0 Å². The molecule has 0 amide bonds. The van der Waals surface area contributed by atoms with Crippen molar-refractivity contribution in [3.63, 3.8) is 0 Å². The highest BCUT2D eigenvalue weighted by molar-refractivity contribution is 4.82.